The first-order chi connectivity index (χ1) is 7.56. The molecule has 0 aliphatic carbocycles. The molecule has 1 aromatic carbocycles. The van der Waals surface area contributed by atoms with E-state index in [-0.39, 0.29) is 5.91 Å². The molecule has 88 valence electrons. The van der Waals surface area contributed by atoms with Gasteiger partial charge in [-0.05, 0) is 37.1 Å². The first-order valence-electron chi connectivity index (χ1n) is 5.20. The van der Waals surface area contributed by atoms with Crippen molar-refractivity contribution < 1.29 is 9.63 Å². The normalized spacial score (nSPS) is 10.2. The molecular formula is C12H18N2O2. The summed E-state index contributed by atoms with van der Waals surface area (Å²) in [6.45, 7) is 4.85. The van der Waals surface area contributed by atoms with E-state index < -0.39 is 0 Å². The van der Waals surface area contributed by atoms with Crippen LogP contribution in [0.1, 0.15) is 21.5 Å². The number of nitrogens with two attached hydrogens (primary N) is 1. The third-order valence-corrected chi connectivity index (χ3v) is 2.65. The molecule has 0 atom stereocenters. The van der Waals surface area contributed by atoms with Crippen LogP contribution in [0.3, 0.4) is 0 Å². The van der Waals surface area contributed by atoms with Crippen LogP contribution in [0.2, 0.25) is 0 Å². The van der Waals surface area contributed by atoms with Crippen LogP contribution in [0.5, 0.6) is 0 Å². The molecule has 0 aliphatic heterocycles. The molecule has 1 aromatic rings. The molecular weight excluding hydrogens is 204 g/mol. The van der Waals surface area contributed by atoms with Crippen molar-refractivity contribution in [2.75, 3.05) is 20.2 Å². The maximum absolute atomic E-state index is 11.9. The van der Waals surface area contributed by atoms with Gasteiger partial charge in [-0.1, -0.05) is 6.07 Å². The quantitative estimate of drug-likeness (QED) is 0.780. The molecule has 16 heavy (non-hydrogen) atoms. The third kappa shape index (κ3) is 3.05. The van der Waals surface area contributed by atoms with Crippen LogP contribution in [0.15, 0.2) is 18.2 Å². The van der Waals surface area contributed by atoms with Gasteiger partial charge in [0.05, 0.1) is 6.61 Å². The lowest BCUT2D eigenvalue weighted by atomic mass is 10.1. The second-order valence-corrected chi connectivity index (χ2v) is 3.90. The third-order valence-electron chi connectivity index (χ3n) is 2.65. The number of hydrogen-bond acceptors (Lipinski definition) is 3. The summed E-state index contributed by atoms with van der Waals surface area (Å²) in [7, 11) is 1.73. The van der Waals surface area contributed by atoms with Crippen molar-refractivity contribution in [3.05, 3.63) is 34.9 Å². The molecule has 0 bridgehead atoms. The zero-order chi connectivity index (χ0) is 12.1. The van der Waals surface area contributed by atoms with Crippen LogP contribution in [-0.2, 0) is 4.84 Å². The lowest BCUT2D eigenvalue weighted by Gasteiger charge is -2.16. The summed E-state index contributed by atoms with van der Waals surface area (Å²) < 4.78 is 0. The lowest BCUT2D eigenvalue weighted by Crippen LogP contribution is -2.30. The van der Waals surface area contributed by atoms with Crippen molar-refractivity contribution in [1.82, 2.24) is 4.90 Å². The van der Waals surface area contributed by atoms with E-state index in [1.165, 1.54) is 5.56 Å². The highest BCUT2D eigenvalue weighted by atomic mass is 16.6. The second-order valence-electron chi connectivity index (χ2n) is 3.90. The van der Waals surface area contributed by atoms with Crippen molar-refractivity contribution in [3.63, 3.8) is 0 Å². The van der Waals surface area contributed by atoms with Crippen LogP contribution >= 0.6 is 0 Å². The molecule has 0 aliphatic rings. The van der Waals surface area contributed by atoms with Gasteiger partial charge in [-0.15, -0.1) is 0 Å². The number of carbonyl (C=O) groups excluding carboxylic acids is 1. The van der Waals surface area contributed by atoms with E-state index in [1.807, 2.05) is 32.0 Å². The maximum atomic E-state index is 11.9. The average Bonchev–Trinajstić information content (AvgIpc) is 2.28. The van der Waals surface area contributed by atoms with Gasteiger partial charge in [0.2, 0.25) is 0 Å². The van der Waals surface area contributed by atoms with Crippen molar-refractivity contribution in [2.45, 2.75) is 13.8 Å². The van der Waals surface area contributed by atoms with E-state index in [4.69, 9.17) is 5.90 Å². The number of amides is 1. The lowest BCUT2D eigenvalue weighted by molar-refractivity contribution is 0.0697. The van der Waals surface area contributed by atoms with Gasteiger partial charge < -0.3 is 9.74 Å². The molecule has 0 saturated heterocycles. The summed E-state index contributed by atoms with van der Waals surface area (Å²) in [6.07, 6.45) is 0. The summed E-state index contributed by atoms with van der Waals surface area (Å²) in [5.41, 5.74) is 3.00. The molecule has 0 unspecified atom stereocenters. The Balaban J connectivity index is 2.76. The van der Waals surface area contributed by atoms with E-state index in [9.17, 15) is 4.79 Å². The molecule has 4 heteroatoms. The van der Waals surface area contributed by atoms with E-state index in [0.717, 1.165) is 5.56 Å². The van der Waals surface area contributed by atoms with Crippen molar-refractivity contribution >= 4 is 5.91 Å². The fourth-order valence-corrected chi connectivity index (χ4v) is 1.39. The first-order valence-corrected chi connectivity index (χ1v) is 5.20. The van der Waals surface area contributed by atoms with Gasteiger partial charge >= 0.3 is 0 Å². The molecule has 0 radical (unpaired) electrons. The molecule has 1 rings (SSSR count). The summed E-state index contributed by atoms with van der Waals surface area (Å²) >= 11 is 0. The van der Waals surface area contributed by atoms with Gasteiger partial charge in [-0.2, -0.15) is 0 Å². The number of nitrogens with zero attached hydrogens (tertiary/aromatic N) is 1. The van der Waals surface area contributed by atoms with Crippen molar-refractivity contribution in [1.29, 1.82) is 0 Å². The monoisotopic (exact) mass is 222 g/mol. The minimum Gasteiger partial charge on any atom is -0.339 e. The van der Waals surface area contributed by atoms with E-state index in [2.05, 4.69) is 4.84 Å². The zero-order valence-electron chi connectivity index (χ0n) is 9.99. The Labute approximate surface area is 95.9 Å². The molecule has 0 fully saturated rings. The smallest absolute Gasteiger partial charge is 0.253 e. The zero-order valence-corrected chi connectivity index (χ0v) is 9.99. The molecule has 0 heterocycles. The fourth-order valence-electron chi connectivity index (χ4n) is 1.39. The SMILES string of the molecule is Cc1ccc(C(=O)N(C)CCON)cc1C. The summed E-state index contributed by atoms with van der Waals surface area (Å²) in [4.78, 5) is 18.0. The Morgan fingerprint density at radius 1 is 1.38 bits per heavy atom. The largest absolute Gasteiger partial charge is 0.339 e. The Morgan fingerprint density at radius 2 is 2.06 bits per heavy atom. The summed E-state index contributed by atoms with van der Waals surface area (Å²) in [5.74, 6) is 4.91. The minimum absolute atomic E-state index is 0.0137. The van der Waals surface area contributed by atoms with Crippen LogP contribution in [0.25, 0.3) is 0 Å². The maximum Gasteiger partial charge on any atom is 0.253 e. The predicted octanol–water partition coefficient (Wildman–Crippen LogP) is 1.27. The first kappa shape index (κ1) is 12.7. The van der Waals surface area contributed by atoms with Crippen LogP contribution < -0.4 is 5.90 Å². The minimum atomic E-state index is -0.0137. The Hall–Kier alpha value is -1.39. The number of hydrogen-bond donors (Lipinski definition) is 1. The molecule has 4 nitrogen and oxygen atoms in total. The topological polar surface area (TPSA) is 55.6 Å². The number of likely N-dealkylation sites (N-methyl/N-ethyl adjacent to an activating group) is 1. The molecule has 0 spiro atoms. The van der Waals surface area contributed by atoms with Gasteiger partial charge in [-0.25, -0.2) is 5.90 Å². The van der Waals surface area contributed by atoms with Crippen molar-refractivity contribution in [3.8, 4) is 0 Å². The summed E-state index contributed by atoms with van der Waals surface area (Å²) in [5, 5.41) is 0. The molecule has 0 saturated carbocycles. The number of aryl methyl sites for hydroxylation is 2. The highest BCUT2D eigenvalue weighted by Gasteiger charge is 2.11. The predicted molar refractivity (Wildman–Crippen MR) is 63.0 cm³/mol. The van der Waals surface area contributed by atoms with Crippen LogP contribution in [0.4, 0.5) is 0 Å². The van der Waals surface area contributed by atoms with Gasteiger partial charge in [0, 0.05) is 19.2 Å². The highest BCUT2D eigenvalue weighted by molar-refractivity contribution is 5.94. The molecule has 1 amide bonds. The van der Waals surface area contributed by atoms with Gasteiger partial charge in [0.25, 0.3) is 5.91 Å². The van der Waals surface area contributed by atoms with Crippen LogP contribution in [0, 0.1) is 13.8 Å². The fraction of sp³-hybridized carbons (Fsp3) is 0.417. The summed E-state index contributed by atoms with van der Waals surface area (Å²) in [6, 6.07) is 5.69. The van der Waals surface area contributed by atoms with Gasteiger partial charge in [-0.3, -0.25) is 4.79 Å². The standard InChI is InChI=1S/C12H18N2O2/c1-9-4-5-11(8-10(9)2)12(15)14(3)6-7-16-13/h4-5,8H,6-7,13H2,1-3H3. The van der Waals surface area contributed by atoms with Crippen LogP contribution in [-0.4, -0.2) is 31.0 Å². The second kappa shape index (κ2) is 5.63. The van der Waals surface area contributed by atoms with E-state index in [0.29, 0.717) is 18.7 Å². The average molecular weight is 222 g/mol. The van der Waals surface area contributed by atoms with Gasteiger partial charge in [0.1, 0.15) is 0 Å². The number of benzene rings is 1. The molecule has 2 N–H and O–H groups in total. The van der Waals surface area contributed by atoms with E-state index >= 15 is 0 Å². The number of rotatable bonds is 4. The Bertz CT molecular complexity index is 377. The Morgan fingerprint density at radius 3 is 2.62 bits per heavy atom. The highest BCUT2D eigenvalue weighted by Crippen LogP contribution is 2.11. The van der Waals surface area contributed by atoms with Gasteiger partial charge in [0.15, 0.2) is 0 Å². The Kier molecular flexibility index (Phi) is 4.46. The molecule has 0 aromatic heterocycles. The number of carbonyl (C=O) groups is 1. The van der Waals surface area contributed by atoms with E-state index in [1.54, 1.807) is 11.9 Å². The van der Waals surface area contributed by atoms with Crippen molar-refractivity contribution in [2.24, 2.45) is 5.90 Å².